The summed E-state index contributed by atoms with van der Waals surface area (Å²) in [4.78, 5) is 0. The molecule has 2 atom stereocenters. The topological polar surface area (TPSA) is 30.5 Å². The van der Waals surface area contributed by atoms with E-state index in [4.69, 9.17) is 21.1 Å². The van der Waals surface area contributed by atoms with Crippen LogP contribution in [0.3, 0.4) is 0 Å². The molecule has 0 bridgehead atoms. The van der Waals surface area contributed by atoms with Gasteiger partial charge in [-0.25, -0.2) is 0 Å². The Morgan fingerprint density at radius 2 is 1.94 bits per heavy atom. The number of ether oxygens (including phenoxy) is 2. The summed E-state index contributed by atoms with van der Waals surface area (Å²) in [6.45, 7) is 4.05. The highest BCUT2D eigenvalue weighted by atomic mass is 35.5. The van der Waals surface area contributed by atoms with E-state index in [1.165, 1.54) is 0 Å². The van der Waals surface area contributed by atoms with Crippen LogP contribution in [0.2, 0.25) is 5.02 Å². The maximum atomic E-state index is 6.09. The number of nitrogens with one attached hydrogen (secondary N) is 1. The van der Waals surface area contributed by atoms with E-state index in [9.17, 15) is 0 Å². The Hall–Kier alpha value is -0.930. The SMILES string of the molecule is COc1ccc(Cl)c(NC(C)C(C)OC)c1. The normalized spacial score (nSPS) is 14.3. The molecular formula is C12H18ClNO2. The van der Waals surface area contributed by atoms with Crippen LogP contribution in [0.15, 0.2) is 18.2 Å². The van der Waals surface area contributed by atoms with Crippen molar-refractivity contribution in [2.24, 2.45) is 0 Å². The molecule has 0 fully saturated rings. The molecule has 0 spiro atoms. The first-order chi connectivity index (χ1) is 7.58. The van der Waals surface area contributed by atoms with Crippen LogP contribution in [0.25, 0.3) is 0 Å². The summed E-state index contributed by atoms with van der Waals surface area (Å²) in [5.74, 6) is 0.782. The van der Waals surface area contributed by atoms with Gasteiger partial charge in [0, 0.05) is 19.2 Å². The van der Waals surface area contributed by atoms with Crippen LogP contribution in [0, 0.1) is 0 Å². The highest BCUT2D eigenvalue weighted by molar-refractivity contribution is 6.33. The molecule has 16 heavy (non-hydrogen) atoms. The lowest BCUT2D eigenvalue weighted by Gasteiger charge is -2.22. The Morgan fingerprint density at radius 1 is 1.25 bits per heavy atom. The monoisotopic (exact) mass is 243 g/mol. The second kappa shape index (κ2) is 5.97. The van der Waals surface area contributed by atoms with Gasteiger partial charge in [0.2, 0.25) is 0 Å². The van der Waals surface area contributed by atoms with Crippen molar-refractivity contribution in [2.45, 2.75) is 26.0 Å². The Balaban J connectivity index is 2.79. The van der Waals surface area contributed by atoms with Crippen LogP contribution in [-0.4, -0.2) is 26.4 Å². The van der Waals surface area contributed by atoms with Gasteiger partial charge < -0.3 is 14.8 Å². The van der Waals surface area contributed by atoms with Crippen molar-refractivity contribution < 1.29 is 9.47 Å². The first kappa shape index (κ1) is 13.1. The highest BCUT2D eigenvalue weighted by Gasteiger charge is 2.12. The fourth-order valence-corrected chi connectivity index (χ4v) is 1.48. The van der Waals surface area contributed by atoms with E-state index in [1.807, 2.05) is 32.0 Å². The van der Waals surface area contributed by atoms with Gasteiger partial charge in [0.25, 0.3) is 0 Å². The molecular weight excluding hydrogens is 226 g/mol. The smallest absolute Gasteiger partial charge is 0.121 e. The zero-order valence-corrected chi connectivity index (χ0v) is 10.8. The summed E-state index contributed by atoms with van der Waals surface area (Å²) < 4.78 is 10.4. The van der Waals surface area contributed by atoms with Crippen molar-refractivity contribution in [3.05, 3.63) is 23.2 Å². The van der Waals surface area contributed by atoms with Crippen LogP contribution in [0.5, 0.6) is 5.75 Å². The van der Waals surface area contributed by atoms with E-state index in [-0.39, 0.29) is 12.1 Å². The lowest BCUT2D eigenvalue weighted by molar-refractivity contribution is 0.106. The van der Waals surface area contributed by atoms with Gasteiger partial charge in [-0.05, 0) is 26.0 Å². The fourth-order valence-electron chi connectivity index (χ4n) is 1.31. The maximum absolute atomic E-state index is 6.09. The van der Waals surface area contributed by atoms with Gasteiger partial charge in [-0.2, -0.15) is 0 Å². The first-order valence-electron chi connectivity index (χ1n) is 5.21. The minimum absolute atomic E-state index is 0.113. The van der Waals surface area contributed by atoms with Crippen LogP contribution < -0.4 is 10.1 Å². The summed E-state index contributed by atoms with van der Waals surface area (Å²) in [7, 11) is 3.32. The van der Waals surface area contributed by atoms with Crippen molar-refractivity contribution >= 4 is 17.3 Å². The zero-order chi connectivity index (χ0) is 12.1. The van der Waals surface area contributed by atoms with Gasteiger partial charge in [0.1, 0.15) is 5.75 Å². The average Bonchev–Trinajstić information content (AvgIpc) is 2.30. The third kappa shape index (κ3) is 3.29. The number of benzene rings is 1. The van der Waals surface area contributed by atoms with Crippen LogP contribution in [0.1, 0.15) is 13.8 Å². The molecule has 1 aromatic carbocycles. The summed E-state index contributed by atoms with van der Waals surface area (Å²) in [5, 5.41) is 3.98. The largest absolute Gasteiger partial charge is 0.497 e. The molecule has 1 aromatic rings. The third-order valence-corrected chi connectivity index (χ3v) is 2.96. The summed E-state index contributed by atoms with van der Waals surface area (Å²) in [6, 6.07) is 5.70. The molecule has 0 aliphatic rings. The second-order valence-corrected chi connectivity index (χ2v) is 4.13. The predicted molar refractivity (Wildman–Crippen MR) is 67.6 cm³/mol. The quantitative estimate of drug-likeness (QED) is 0.862. The number of hydrogen-bond acceptors (Lipinski definition) is 3. The number of rotatable bonds is 5. The van der Waals surface area contributed by atoms with Gasteiger partial charge in [-0.1, -0.05) is 11.6 Å². The highest BCUT2D eigenvalue weighted by Crippen LogP contribution is 2.27. The van der Waals surface area contributed by atoms with E-state index in [0.717, 1.165) is 11.4 Å². The fraction of sp³-hybridized carbons (Fsp3) is 0.500. The minimum atomic E-state index is 0.113. The molecule has 0 aliphatic heterocycles. The Labute approximate surface area is 102 Å². The molecule has 0 saturated carbocycles. The average molecular weight is 244 g/mol. The van der Waals surface area contributed by atoms with Crippen LogP contribution in [-0.2, 0) is 4.74 Å². The van der Waals surface area contributed by atoms with Gasteiger partial charge in [-0.15, -0.1) is 0 Å². The van der Waals surface area contributed by atoms with Gasteiger partial charge in [0.05, 0.1) is 23.9 Å². The van der Waals surface area contributed by atoms with Crippen LogP contribution >= 0.6 is 11.6 Å². The van der Waals surface area contributed by atoms with Crippen molar-refractivity contribution in [3.8, 4) is 5.75 Å². The molecule has 0 radical (unpaired) electrons. The lowest BCUT2D eigenvalue weighted by Crippen LogP contribution is -2.29. The van der Waals surface area contributed by atoms with E-state index in [1.54, 1.807) is 14.2 Å². The Kier molecular flexibility index (Phi) is 4.90. The van der Waals surface area contributed by atoms with E-state index in [0.29, 0.717) is 5.02 Å². The van der Waals surface area contributed by atoms with Crippen molar-refractivity contribution in [1.29, 1.82) is 0 Å². The molecule has 4 heteroatoms. The molecule has 0 amide bonds. The molecule has 2 unspecified atom stereocenters. The lowest BCUT2D eigenvalue weighted by atomic mass is 10.2. The second-order valence-electron chi connectivity index (χ2n) is 3.72. The first-order valence-corrected chi connectivity index (χ1v) is 5.59. The van der Waals surface area contributed by atoms with Crippen molar-refractivity contribution in [2.75, 3.05) is 19.5 Å². The number of hydrogen-bond donors (Lipinski definition) is 1. The molecule has 0 saturated heterocycles. The maximum Gasteiger partial charge on any atom is 0.121 e. The number of methoxy groups -OCH3 is 2. The standard InChI is InChI=1S/C12H18ClNO2/c1-8(9(2)15-3)14-12-7-10(16-4)5-6-11(12)13/h5-9,14H,1-4H3. The van der Waals surface area contributed by atoms with E-state index >= 15 is 0 Å². The number of anilines is 1. The van der Waals surface area contributed by atoms with E-state index < -0.39 is 0 Å². The molecule has 0 aromatic heterocycles. The van der Waals surface area contributed by atoms with Gasteiger partial charge >= 0.3 is 0 Å². The number of halogens is 1. The Morgan fingerprint density at radius 3 is 2.50 bits per heavy atom. The summed E-state index contributed by atoms with van der Waals surface area (Å²) >= 11 is 6.09. The predicted octanol–water partition coefficient (Wildman–Crippen LogP) is 3.18. The van der Waals surface area contributed by atoms with Crippen LogP contribution in [0.4, 0.5) is 5.69 Å². The minimum Gasteiger partial charge on any atom is -0.497 e. The van der Waals surface area contributed by atoms with E-state index in [2.05, 4.69) is 5.32 Å². The molecule has 1 rings (SSSR count). The molecule has 90 valence electrons. The summed E-state index contributed by atoms with van der Waals surface area (Å²) in [6.07, 6.45) is 0.113. The van der Waals surface area contributed by atoms with Gasteiger partial charge in [0.15, 0.2) is 0 Å². The third-order valence-electron chi connectivity index (χ3n) is 2.63. The van der Waals surface area contributed by atoms with Crippen molar-refractivity contribution in [3.63, 3.8) is 0 Å². The Bertz CT molecular complexity index is 344. The molecule has 3 nitrogen and oxygen atoms in total. The van der Waals surface area contributed by atoms with Crippen molar-refractivity contribution in [1.82, 2.24) is 0 Å². The zero-order valence-electron chi connectivity index (χ0n) is 10.1. The summed E-state index contributed by atoms with van der Waals surface area (Å²) in [5.41, 5.74) is 0.859. The van der Waals surface area contributed by atoms with Gasteiger partial charge in [-0.3, -0.25) is 0 Å². The molecule has 1 N–H and O–H groups in total. The molecule has 0 aliphatic carbocycles. The molecule has 0 heterocycles.